The highest BCUT2D eigenvalue weighted by Gasteiger charge is 2.19. The molecule has 1 aromatic carbocycles. The van der Waals surface area contributed by atoms with E-state index in [-0.39, 0.29) is 0 Å². The van der Waals surface area contributed by atoms with E-state index in [0.29, 0.717) is 16.9 Å². The minimum absolute atomic E-state index is 0.293. The van der Waals surface area contributed by atoms with Crippen LogP contribution in [0.2, 0.25) is 0 Å². The highest BCUT2D eigenvalue weighted by molar-refractivity contribution is 8.08. The second-order valence-electron chi connectivity index (χ2n) is 4.28. The summed E-state index contributed by atoms with van der Waals surface area (Å²) in [5.41, 5.74) is 7.93. The Morgan fingerprint density at radius 3 is 2.17 bits per heavy atom. The Morgan fingerprint density at radius 1 is 1.11 bits per heavy atom. The van der Waals surface area contributed by atoms with Crippen molar-refractivity contribution in [1.82, 2.24) is 0 Å². The van der Waals surface area contributed by atoms with Crippen molar-refractivity contribution in [3.63, 3.8) is 0 Å². The summed E-state index contributed by atoms with van der Waals surface area (Å²) in [6, 6.07) is 3.21. The van der Waals surface area contributed by atoms with Crippen LogP contribution in [0.3, 0.4) is 0 Å². The normalized spacial score (nSPS) is 12.4. The Hall–Kier alpha value is -1.28. The van der Waals surface area contributed by atoms with Crippen LogP contribution in [0.15, 0.2) is 12.1 Å². The van der Waals surface area contributed by atoms with Gasteiger partial charge in [0.15, 0.2) is 14.9 Å². The second kappa shape index (κ2) is 4.77. The molecule has 0 aromatic heterocycles. The summed E-state index contributed by atoms with van der Waals surface area (Å²) < 4.78 is 47.5. The fraction of sp³-hybridized carbons (Fsp3) is 0.400. The third kappa shape index (κ3) is 4.19. The number of nitrogens with two attached hydrogens (primary N) is 1. The van der Waals surface area contributed by atoms with Crippen molar-refractivity contribution in [1.29, 1.82) is 0 Å². The van der Waals surface area contributed by atoms with E-state index < -0.39 is 24.9 Å². The molecule has 0 aliphatic carbocycles. The maximum Gasteiger partial charge on any atom is 0.247 e. The summed E-state index contributed by atoms with van der Waals surface area (Å²) in [4.78, 5) is 0. The number of hydrogen-bond acceptors (Lipinski definition) is 5. The Balaban J connectivity index is 3.09. The predicted molar refractivity (Wildman–Crippen MR) is 72.6 cm³/mol. The molecule has 0 fully saturated rings. The molecule has 0 saturated heterocycles. The van der Waals surface area contributed by atoms with Crippen LogP contribution in [0.25, 0.3) is 0 Å². The number of nitrogens with one attached hydrogen (secondary N) is 1. The highest BCUT2D eigenvalue weighted by Crippen LogP contribution is 2.23. The molecular weight excluding hydrogens is 276 g/mol. The van der Waals surface area contributed by atoms with Crippen LogP contribution in [0.1, 0.15) is 11.1 Å². The van der Waals surface area contributed by atoms with Gasteiger partial charge in [-0.05, 0) is 31.0 Å². The molecule has 6 nitrogen and oxygen atoms in total. The summed E-state index contributed by atoms with van der Waals surface area (Å²) in [7, 11) is -7.55. The number of benzene rings is 1. The largest absolute Gasteiger partial charge is 0.398 e. The monoisotopic (exact) mass is 292 g/mol. The summed E-state index contributed by atoms with van der Waals surface area (Å²) in [5.74, 6) is 0. The zero-order valence-electron chi connectivity index (χ0n) is 10.4. The quantitative estimate of drug-likeness (QED) is 0.792. The lowest BCUT2D eigenvalue weighted by atomic mass is 10.1. The molecule has 0 aliphatic heterocycles. The topological polar surface area (TPSA) is 106 Å². The predicted octanol–water partition coefficient (Wildman–Crippen LogP) is 0.629. The molecule has 0 atom stereocenters. The van der Waals surface area contributed by atoms with Gasteiger partial charge in [-0.2, -0.15) is 0 Å². The van der Waals surface area contributed by atoms with Crippen molar-refractivity contribution in [3.8, 4) is 0 Å². The maximum atomic E-state index is 11.6. The van der Waals surface area contributed by atoms with Crippen LogP contribution in [-0.4, -0.2) is 28.2 Å². The van der Waals surface area contributed by atoms with Crippen molar-refractivity contribution in [2.75, 3.05) is 21.8 Å². The van der Waals surface area contributed by atoms with Crippen molar-refractivity contribution in [3.05, 3.63) is 23.3 Å². The number of rotatable bonds is 4. The number of nitrogen functional groups attached to an aromatic ring is 1. The van der Waals surface area contributed by atoms with Crippen molar-refractivity contribution in [2.24, 2.45) is 0 Å². The molecule has 0 saturated carbocycles. The molecule has 0 amide bonds. The molecular formula is C10H16N2O4S2. The second-order valence-corrected chi connectivity index (χ2v) is 8.51. The van der Waals surface area contributed by atoms with Crippen molar-refractivity contribution in [2.45, 2.75) is 13.8 Å². The average Bonchev–Trinajstić information content (AvgIpc) is 2.09. The van der Waals surface area contributed by atoms with Gasteiger partial charge in [0.1, 0.15) is 0 Å². The summed E-state index contributed by atoms with van der Waals surface area (Å²) in [6.07, 6.45) is 0.864. The molecule has 1 rings (SSSR count). The number of sulfonamides is 1. The van der Waals surface area contributed by atoms with Crippen LogP contribution in [0.4, 0.5) is 11.4 Å². The van der Waals surface area contributed by atoms with E-state index in [9.17, 15) is 16.8 Å². The van der Waals surface area contributed by atoms with Crippen LogP contribution >= 0.6 is 0 Å². The molecule has 0 heterocycles. The van der Waals surface area contributed by atoms with Gasteiger partial charge in [0.25, 0.3) is 0 Å². The summed E-state index contributed by atoms with van der Waals surface area (Å²) >= 11 is 0. The first-order valence-electron chi connectivity index (χ1n) is 5.05. The summed E-state index contributed by atoms with van der Waals surface area (Å²) in [5, 5.41) is -0.951. The summed E-state index contributed by atoms with van der Waals surface area (Å²) in [6.45, 7) is 3.52. The number of anilines is 2. The van der Waals surface area contributed by atoms with Crippen LogP contribution < -0.4 is 10.5 Å². The van der Waals surface area contributed by atoms with Gasteiger partial charge < -0.3 is 5.73 Å². The lowest BCUT2D eigenvalue weighted by molar-refractivity contribution is 0.595. The van der Waals surface area contributed by atoms with E-state index in [1.54, 1.807) is 19.9 Å². The molecule has 0 radical (unpaired) electrons. The zero-order valence-corrected chi connectivity index (χ0v) is 12.0. The minimum Gasteiger partial charge on any atom is -0.398 e. The average molecular weight is 292 g/mol. The van der Waals surface area contributed by atoms with Gasteiger partial charge in [0.2, 0.25) is 10.0 Å². The molecule has 3 N–H and O–H groups in total. The fourth-order valence-corrected chi connectivity index (χ4v) is 4.50. The van der Waals surface area contributed by atoms with E-state index in [4.69, 9.17) is 5.73 Å². The molecule has 0 unspecified atom stereocenters. The molecule has 0 bridgehead atoms. The fourth-order valence-electron chi connectivity index (χ4n) is 1.46. The minimum atomic E-state index is -3.94. The first kappa shape index (κ1) is 14.8. The van der Waals surface area contributed by atoms with Gasteiger partial charge in [-0.25, -0.2) is 16.8 Å². The lowest BCUT2D eigenvalue weighted by Gasteiger charge is -2.12. The van der Waals surface area contributed by atoms with E-state index >= 15 is 0 Å². The highest BCUT2D eigenvalue weighted by atomic mass is 32.3. The van der Waals surface area contributed by atoms with E-state index in [1.807, 2.05) is 0 Å². The SMILES string of the molecule is Cc1cc(C)c(NS(=O)(=O)CS(C)(=O)=O)cc1N. The van der Waals surface area contributed by atoms with Crippen molar-refractivity contribution < 1.29 is 16.8 Å². The third-order valence-corrected chi connectivity index (χ3v) is 5.73. The Morgan fingerprint density at radius 2 is 1.67 bits per heavy atom. The molecule has 1 aromatic rings. The number of aryl methyl sites for hydroxylation is 2. The third-order valence-electron chi connectivity index (χ3n) is 2.25. The van der Waals surface area contributed by atoms with Crippen LogP contribution in [0, 0.1) is 13.8 Å². The van der Waals surface area contributed by atoms with Crippen LogP contribution in [-0.2, 0) is 19.9 Å². The van der Waals surface area contributed by atoms with Gasteiger partial charge >= 0.3 is 0 Å². The smallest absolute Gasteiger partial charge is 0.247 e. The van der Waals surface area contributed by atoms with Gasteiger partial charge in [0.05, 0.1) is 5.69 Å². The van der Waals surface area contributed by atoms with E-state index in [0.717, 1.165) is 11.8 Å². The van der Waals surface area contributed by atoms with Crippen LogP contribution in [0.5, 0.6) is 0 Å². The van der Waals surface area contributed by atoms with E-state index in [1.165, 1.54) is 6.07 Å². The number of sulfone groups is 1. The number of hydrogen-bond donors (Lipinski definition) is 2. The zero-order chi connectivity index (χ0) is 14.1. The molecule has 0 aliphatic rings. The Bertz CT molecular complexity index is 663. The lowest BCUT2D eigenvalue weighted by Crippen LogP contribution is -2.22. The van der Waals surface area contributed by atoms with E-state index in [2.05, 4.69) is 4.72 Å². The Kier molecular flexibility index (Phi) is 3.92. The standard InChI is InChI=1S/C10H16N2O4S2/c1-7-4-8(2)10(5-9(7)11)12-18(15,16)6-17(3,13)14/h4-5,12H,6,11H2,1-3H3. The molecule has 0 spiro atoms. The first-order valence-corrected chi connectivity index (χ1v) is 8.76. The van der Waals surface area contributed by atoms with Gasteiger partial charge in [-0.3, -0.25) is 4.72 Å². The van der Waals surface area contributed by atoms with Crippen molar-refractivity contribution >= 4 is 31.2 Å². The first-order chi connectivity index (χ1) is 8.00. The maximum absolute atomic E-state index is 11.6. The van der Waals surface area contributed by atoms with Gasteiger partial charge in [-0.1, -0.05) is 6.07 Å². The molecule has 18 heavy (non-hydrogen) atoms. The van der Waals surface area contributed by atoms with Gasteiger partial charge in [0, 0.05) is 11.9 Å². The molecule has 8 heteroatoms. The molecule has 102 valence electrons. The van der Waals surface area contributed by atoms with Gasteiger partial charge in [-0.15, -0.1) is 0 Å². The Labute approximate surface area is 107 Å².